The molecule has 1 amide bonds. The molecule has 7 heteroatoms. The molecule has 22 heavy (non-hydrogen) atoms. The fourth-order valence-corrected chi connectivity index (χ4v) is 3.49. The van der Waals surface area contributed by atoms with Gasteiger partial charge in [0.05, 0.1) is 11.0 Å². The number of piperidine rings is 1. The Morgan fingerprint density at radius 3 is 2.41 bits per heavy atom. The lowest BCUT2D eigenvalue weighted by atomic mass is 9.69. The third-order valence-electron chi connectivity index (χ3n) is 4.64. The van der Waals surface area contributed by atoms with E-state index < -0.39 is 17.2 Å². The Labute approximate surface area is 133 Å². The number of hydrogen-bond donors (Lipinski definition) is 2. The maximum Gasteiger partial charge on any atom is 0.416 e. The zero-order valence-electron chi connectivity index (χ0n) is 11.9. The van der Waals surface area contributed by atoms with E-state index in [4.69, 9.17) is 0 Å². The first kappa shape index (κ1) is 17.1. The lowest BCUT2D eigenvalue weighted by molar-refractivity contribution is -0.137. The quantitative estimate of drug-likeness (QED) is 0.829. The molecule has 0 radical (unpaired) electrons. The van der Waals surface area contributed by atoms with Crippen LogP contribution in [0.5, 0.6) is 0 Å². The van der Waals surface area contributed by atoms with Crippen LogP contribution in [0.25, 0.3) is 0 Å². The molecule has 3 rings (SSSR count). The minimum atomic E-state index is -4.33. The molecule has 1 aromatic carbocycles. The maximum absolute atomic E-state index is 12.6. The van der Waals surface area contributed by atoms with Crippen LogP contribution in [-0.4, -0.2) is 25.5 Å². The number of alkyl halides is 3. The van der Waals surface area contributed by atoms with Gasteiger partial charge in [-0.25, -0.2) is 0 Å². The molecule has 2 unspecified atom stereocenters. The van der Waals surface area contributed by atoms with Gasteiger partial charge in [-0.3, -0.25) is 4.79 Å². The lowest BCUT2D eigenvalue weighted by Crippen LogP contribution is -2.47. The van der Waals surface area contributed by atoms with E-state index in [1.807, 2.05) is 0 Å². The van der Waals surface area contributed by atoms with E-state index in [1.54, 1.807) is 0 Å². The summed E-state index contributed by atoms with van der Waals surface area (Å²) in [6.07, 6.45) is -2.64. The summed E-state index contributed by atoms with van der Waals surface area (Å²) in [6.45, 7) is 1.96. The lowest BCUT2D eigenvalue weighted by Gasteiger charge is -2.36. The van der Waals surface area contributed by atoms with Crippen molar-refractivity contribution in [2.45, 2.75) is 24.9 Å². The summed E-state index contributed by atoms with van der Waals surface area (Å²) in [4.78, 5) is 12.2. The van der Waals surface area contributed by atoms with Gasteiger partial charge in [0.2, 0.25) is 5.91 Å². The zero-order valence-corrected chi connectivity index (χ0v) is 12.7. The van der Waals surface area contributed by atoms with Crippen molar-refractivity contribution in [3.8, 4) is 0 Å². The van der Waals surface area contributed by atoms with Crippen molar-refractivity contribution in [1.82, 2.24) is 10.6 Å². The van der Waals surface area contributed by atoms with Gasteiger partial charge in [-0.2, -0.15) is 13.2 Å². The average Bonchev–Trinajstić information content (AvgIpc) is 2.76. The Morgan fingerprint density at radius 1 is 1.18 bits per heavy atom. The molecule has 2 N–H and O–H groups in total. The van der Waals surface area contributed by atoms with Crippen LogP contribution < -0.4 is 10.6 Å². The highest BCUT2D eigenvalue weighted by atomic mass is 35.5. The van der Waals surface area contributed by atoms with Crippen LogP contribution in [0.4, 0.5) is 13.2 Å². The molecule has 2 fully saturated rings. The monoisotopic (exact) mass is 334 g/mol. The predicted octanol–water partition coefficient (Wildman–Crippen LogP) is 2.71. The fourth-order valence-electron chi connectivity index (χ4n) is 3.49. The van der Waals surface area contributed by atoms with E-state index in [2.05, 4.69) is 10.6 Å². The largest absolute Gasteiger partial charge is 0.416 e. The van der Waals surface area contributed by atoms with Gasteiger partial charge in [-0.1, -0.05) is 12.1 Å². The molecule has 2 saturated heterocycles. The molecular weight excluding hydrogens is 317 g/mol. The van der Waals surface area contributed by atoms with Gasteiger partial charge in [0.15, 0.2) is 0 Å². The van der Waals surface area contributed by atoms with Gasteiger partial charge in [0, 0.05) is 19.0 Å². The first-order valence-electron chi connectivity index (χ1n) is 7.10. The molecule has 2 aliphatic rings. The number of amides is 1. The smallest absolute Gasteiger partial charge is 0.355 e. The van der Waals surface area contributed by atoms with Crippen molar-refractivity contribution >= 4 is 18.3 Å². The molecule has 0 aliphatic carbocycles. The summed E-state index contributed by atoms with van der Waals surface area (Å²) in [5.74, 6) is -0.0559. The first-order chi connectivity index (χ1) is 9.93. The van der Waals surface area contributed by atoms with Crippen molar-refractivity contribution in [2.24, 2.45) is 5.41 Å². The second kappa shape index (κ2) is 6.08. The van der Waals surface area contributed by atoms with E-state index in [0.717, 1.165) is 37.1 Å². The van der Waals surface area contributed by atoms with Crippen LogP contribution in [0.3, 0.4) is 0 Å². The Kier molecular flexibility index (Phi) is 4.73. The maximum atomic E-state index is 12.6. The van der Waals surface area contributed by atoms with Crippen molar-refractivity contribution in [2.75, 3.05) is 19.6 Å². The molecule has 1 spiro atoms. The number of carbonyl (C=O) groups excluding carboxylic acids is 1. The summed E-state index contributed by atoms with van der Waals surface area (Å²) in [5.41, 5.74) is -0.373. The molecule has 0 aromatic heterocycles. The van der Waals surface area contributed by atoms with Gasteiger partial charge in [-0.05, 0) is 37.1 Å². The van der Waals surface area contributed by atoms with E-state index in [-0.39, 0.29) is 24.2 Å². The Bertz CT molecular complexity index is 539. The highest BCUT2D eigenvalue weighted by Gasteiger charge is 2.51. The first-order valence-corrected chi connectivity index (χ1v) is 7.10. The molecule has 2 heterocycles. The number of nitrogens with one attached hydrogen (secondary N) is 2. The van der Waals surface area contributed by atoms with Crippen molar-refractivity contribution in [3.05, 3.63) is 35.4 Å². The van der Waals surface area contributed by atoms with Crippen LogP contribution in [0, 0.1) is 5.41 Å². The third kappa shape index (κ3) is 2.82. The summed E-state index contributed by atoms with van der Waals surface area (Å²) in [6, 6.07) is 5.21. The van der Waals surface area contributed by atoms with E-state index in [1.165, 1.54) is 12.1 Å². The predicted molar refractivity (Wildman–Crippen MR) is 79.0 cm³/mol. The fraction of sp³-hybridized carbons (Fsp3) is 0.533. The van der Waals surface area contributed by atoms with Crippen molar-refractivity contribution in [1.29, 1.82) is 0 Å². The van der Waals surface area contributed by atoms with Crippen LogP contribution in [-0.2, 0) is 11.0 Å². The Hall–Kier alpha value is -1.27. The SMILES string of the molecule is Cl.O=C1NCC(c2ccc(C(F)(F)F)cc2)C12CCCNC2. The van der Waals surface area contributed by atoms with Gasteiger partial charge in [-0.15, -0.1) is 12.4 Å². The molecule has 0 bridgehead atoms. The number of carbonyl (C=O) groups is 1. The average molecular weight is 335 g/mol. The van der Waals surface area contributed by atoms with E-state index in [0.29, 0.717) is 13.1 Å². The third-order valence-corrected chi connectivity index (χ3v) is 4.64. The summed E-state index contributed by atoms with van der Waals surface area (Å²) in [5, 5.41) is 6.11. The standard InChI is InChI=1S/C15H17F3N2O.ClH/c16-15(17,18)11-4-2-10(3-5-11)12-8-20-13(21)14(12)6-1-7-19-9-14;/h2-5,12,19H,1,6-9H2,(H,20,21);1H. The van der Waals surface area contributed by atoms with Gasteiger partial charge in [0.1, 0.15) is 0 Å². The molecule has 1 aromatic rings. The van der Waals surface area contributed by atoms with Crippen LogP contribution >= 0.6 is 12.4 Å². The molecule has 0 saturated carbocycles. The highest BCUT2D eigenvalue weighted by molar-refractivity contribution is 5.87. The molecular formula is C15H18ClF3N2O. The summed E-state index contributed by atoms with van der Waals surface area (Å²) < 4.78 is 37.9. The van der Waals surface area contributed by atoms with Crippen LogP contribution in [0.1, 0.15) is 29.9 Å². The highest BCUT2D eigenvalue weighted by Crippen LogP contribution is 2.45. The summed E-state index contributed by atoms with van der Waals surface area (Å²) in [7, 11) is 0. The number of hydrogen-bond acceptors (Lipinski definition) is 2. The minimum absolute atomic E-state index is 0. The normalized spacial score (nSPS) is 28.3. The van der Waals surface area contributed by atoms with E-state index in [9.17, 15) is 18.0 Å². The number of benzene rings is 1. The minimum Gasteiger partial charge on any atom is -0.355 e. The number of rotatable bonds is 1. The van der Waals surface area contributed by atoms with Crippen molar-refractivity contribution in [3.63, 3.8) is 0 Å². The second-order valence-corrected chi connectivity index (χ2v) is 5.82. The molecule has 2 aliphatic heterocycles. The Balaban J connectivity index is 0.00000176. The summed E-state index contributed by atoms with van der Waals surface area (Å²) >= 11 is 0. The Morgan fingerprint density at radius 2 is 1.86 bits per heavy atom. The van der Waals surface area contributed by atoms with Crippen LogP contribution in [0.15, 0.2) is 24.3 Å². The van der Waals surface area contributed by atoms with Gasteiger partial charge in [0.25, 0.3) is 0 Å². The van der Waals surface area contributed by atoms with Gasteiger partial charge < -0.3 is 10.6 Å². The van der Waals surface area contributed by atoms with Crippen LogP contribution in [0.2, 0.25) is 0 Å². The molecule has 3 nitrogen and oxygen atoms in total. The molecule has 2 atom stereocenters. The van der Waals surface area contributed by atoms with Gasteiger partial charge >= 0.3 is 6.18 Å². The van der Waals surface area contributed by atoms with Crippen molar-refractivity contribution < 1.29 is 18.0 Å². The van der Waals surface area contributed by atoms with E-state index >= 15 is 0 Å². The second-order valence-electron chi connectivity index (χ2n) is 5.82. The topological polar surface area (TPSA) is 41.1 Å². The zero-order chi connectivity index (χ0) is 15.1. The molecule has 122 valence electrons. The number of halogens is 4.